The lowest BCUT2D eigenvalue weighted by atomic mass is 10.0. The zero-order valence-corrected chi connectivity index (χ0v) is 8.59. The Morgan fingerprint density at radius 1 is 0.812 bits per heavy atom. The van der Waals surface area contributed by atoms with Crippen molar-refractivity contribution in [2.45, 2.75) is 0 Å². The predicted molar refractivity (Wildman–Crippen MR) is 61.7 cm³/mol. The third-order valence-electron chi connectivity index (χ3n) is 2.34. The summed E-state index contributed by atoms with van der Waals surface area (Å²) in [6, 6.07) is 15.7. The van der Waals surface area contributed by atoms with E-state index >= 15 is 0 Å². The molecule has 0 heterocycles. The smallest absolute Gasteiger partial charge is 0.193 e. The van der Waals surface area contributed by atoms with E-state index in [9.17, 15) is 9.59 Å². The number of hydrogen-bond acceptors (Lipinski definition) is 2. The monoisotopic (exact) mass is 210 g/mol. The molecule has 2 heteroatoms. The first-order valence-electron chi connectivity index (χ1n) is 4.96. The fourth-order valence-electron chi connectivity index (χ4n) is 1.47. The normalized spacial score (nSPS) is 9.75. The first-order valence-corrected chi connectivity index (χ1v) is 4.96. The van der Waals surface area contributed by atoms with Crippen LogP contribution < -0.4 is 0 Å². The van der Waals surface area contributed by atoms with Gasteiger partial charge in [-0.05, 0) is 0 Å². The van der Waals surface area contributed by atoms with Gasteiger partial charge in [0.2, 0.25) is 0 Å². The van der Waals surface area contributed by atoms with Gasteiger partial charge in [0.15, 0.2) is 5.78 Å². The molecule has 2 aromatic rings. The highest BCUT2D eigenvalue weighted by atomic mass is 16.1. The first-order chi connectivity index (χ1) is 7.81. The largest absolute Gasteiger partial charge is 0.298 e. The van der Waals surface area contributed by atoms with Crippen LogP contribution >= 0.6 is 0 Å². The molecular formula is C14H10O2. The molecule has 2 aromatic carbocycles. The molecule has 16 heavy (non-hydrogen) atoms. The van der Waals surface area contributed by atoms with Crippen molar-refractivity contribution in [3.63, 3.8) is 0 Å². The van der Waals surface area contributed by atoms with E-state index in [2.05, 4.69) is 0 Å². The molecule has 0 aromatic heterocycles. The summed E-state index contributed by atoms with van der Waals surface area (Å²) in [5.41, 5.74) is 1.82. The zero-order chi connectivity index (χ0) is 11.4. The van der Waals surface area contributed by atoms with Crippen molar-refractivity contribution in [2.24, 2.45) is 0 Å². The van der Waals surface area contributed by atoms with Crippen LogP contribution in [0.25, 0.3) is 0 Å². The van der Waals surface area contributed by atoms with Crippen LogP contribution in [-0.2, 0) is 0 Å². The van der Waals surface area contributed by atoms with E-state index in [-0.39, 0.29) is 5.78 Å². The van der Waals surface area contributed by atoms with Crippen molar-refractivity contribution in [2.75, 3.05) is 0 Å². The fraction of sp³-hybridized carbons (Fsp3) is 0. The van der Waals surface area contributed by atoms with Gasteiger partial charge in [0.1, 0.15) is 6.29 Å². The Bertz CT molecular complexity index is 498. The quantitative estimate of drug-likeness (QED) is 0.576. The van der Waals surface area contributed by atoms with Crippen molar-refractivity contribution in [3.05, 3.63) is 71.3 Å². The number of benzene rings is 2. The third kappa shape index (κ3) is 2.06. The summed E-state index contributed by atoms with van der Waals surface area (Å²) in [4.78, 5) is 22.4. The lowest BCUT2D eigenvalue weighted by Gasteiger charge is -2.00. The molecule has 0 aliphatic heterocycles. The number of ketones is 1. The molecule has 0 unspecified atom stereocenters. The molecule has 0 saturated carbocycles. The summed E-state index contributed by atoms with van der Waals surface area (Å²) in [7, 11) is 0. The standard InChI is InChI=1S/C14H10O2/c15-10-11-6-8-13(9-7-11)14(16)12-4-2-1-3-5-12/h1-10H. The lowest BCUT2D eigenvalue weighted by molar-refractivity contribution is 0.103. The average Bonchev–Trinajstić information content (AvgIpc) is 2.39. The maximum absolute atomic E-state index is 12.0. The number of hydrogen-bond donors (Lipinski definition) is 0. The molecule has 0 N–H and O–H groups in total. The minimum atomic E-state index is -0.0296. The number of aldehydes is 1. The maximum atomic E-state index is 12.0. The van der Waals surface area contributed by atoms with E-state index < -0.39 is 0 Å². The second-order valence-electron chi connectivity index (χ2n) is 3.44. The van der Waals surface area contributed by atoms with E-state index in [0.29, 0.717) is 16.7 Å². The van der Waals surface area contributed by atoms with E-state index in [1.807, 2.05) is 18.2 Å². The first kappa shape index (κ1) is 10.3. The van der Waals surface area contributed by atoms with Crippen molar-refractivity contribution in [1.29, 1.82) is 0 Å². The van der Waals surface area contributed by atoms with Gasteiger partial charge in [0, 0.05) is 16.7 Å². The number of carbonyl (C=O) groups is 2. The maximum Gasteiger partial charge on any atom is 0.193 e. The van der Waals surface area contributed by atoms with Crippen LogP contribution in [0.1, 0.15) is 26.3 Å². The van der Waals surface area contributed by atoms with E-state index in [1.165, 1.54) is 0 Å². The highest BCUT2D eigenvalue weighted by molar-refractivity contribution is 6.09. The van der Waals surface area contributed by atoms with Crippen molar-refractivity contribution < 1.29 is 9.59 Å². The summed E-state index contributed by atoms with van der Waals surface area (Å²) in [5, 5.41) is 0. The van der Waals surface area contributed by atoms with Crippen LogP contribution in [0.4, 0.5) is 0 Å². The summed E-state index contributed by atoms with van der Waals surface area (Å²) >= 11 is 0. The van der Waals surface area contributed by atoms with Crippen LogP contribution in [0.2, 0.25) is 0 Å². The molecule has 0 spiro atoms. The molecule has 2 nitrogen and oxygen atoms in total. The van der Waals surface area contributed by atoms with Crippen LogP contribution in [0.15, 0.2) is 54.6 Å². The Labute approximate surface area is 93.5 Å². The van der Waals surface area contributed by atoms with Gasteiger partial charge in [-0.3, -0.25) is 9.59 Å². The Morgan fingerprint density at radius 3 is 1.94 bits per heavy atom. The third-order valence-corrected chi connectivity index (χ3v) is 2.34. The summed E-state index contributed by atoms with van der Waals surface area (Å²) < 4.78 is 0. The van der Waals surface area contributed by atoms with Gasteiger partial charge in [0.25, 0.3) is 0 Å². The summed E-state index contributed by atoms with van der Waals surface area (Å²) in [6.45, 7) is 0. The van der Waals surface area contributed by atoms with Crippen LogP contribution in [0, 0.1) is 0 Å². The van der Waals surface area contributed by atoms with Gasteiger partial charge in [-0.15, -0.1) is 0 Å². The van der Waals surface area contributed by atoms with Gasteiger partial charge in [-0.1, -0.05) is 54.6 Å². The van der Waals surface area contributed by atoms with Crippen molar-refractivity contribution in [3.8, 4) is 0 Å². The molecule has 0 bridgehead atoms. The summed E-state index contributed by atoms with van der Waals surface area (Å²) in [6.07, 6.45) is 0.761. The molecule has 0 aliphatic carbocycles. The molecule has 0 saturated heterocycles. The SMILES string of the molecule is O=Cc1ccc(C(=O)c2ccccc2)cc1. The van der Waals surface area contributed by atoms with Crippen LogP contribution in [0.5, 0.6) is 0 Å². The molecule has 0 amide bonds. The van der Waals surface area contributed by atoms with E-state index in [0.717, 1.165) is 6.29 Å². The topological polar surface area (TPSA) is 34.1 Å². The highest BCUT2D eigenvalue weighted by Crippen LogP contribution is 2.10. The van der Waals surface area contributed by atoms with E-state index in [4.69, 9.17) is 0 Å². The highest BCUT2D eigenvalue weighted by Gasteiger charge is 2.07. The Balaban J connectivity index is 2.31. The van der Waals surface area contributed by atoms with Gasteiger partial charge in [0.05, 0.1) is 0 Å². The number of rotatable bonds is 3. The molecule has 0 fully saturated rings. The molecule has 0 aliphatic rings. The fourth-order valence-corrected chi connectivity index (χ4v) is 1.47. The van der Waals surface area contributed by atoms with Gasteiger partial charge < -0.3 is 0 Å². The predicted octanol–water partition coefficient (Wildman–Crippen LogP) is 2.73. The molecule has 2 rings (SSSR count). The van der Waals surface area contributed by atoms with Gasteiger partial charge >= 0.3 is 0 Å². The Morgan fingerprint density at radius 2 is 1.38 bits per heavy atom. The Hall–Kier alpha value is -2.22. The zero-order valence-electron chi connectivity index (χ0n) is 8.59. The van der Waals surface area contributed by atoms with E-state index in [1.54, 1.807) is 36.4 Å². The molecule has 0 atom stereocenters. The molecule has 78 valence electrons. The summed E-state index contributed by atoms with van der Waals surface area (Å²) in [5.74, 6) is -0.0296. The van der Waals surface area contributed by atoms with Gasteiger partial charge in [-0.2, -0.15) is 0 Å². The van der Waals surface area contributed by atoms with Crippen molar-refractivity contribution >= 4 is 12.1 Å². The second-order valence-corrected chi connectivity index (χ2v) is 3.44. The Kier molecular flexibility index (Phi) is 2.92. The average molecular weight is 210 g/mol. The van der Waals surface area contributed by atoms with Crippen molar-refractivity contribution in [1.82, 2.24) is 0 Å². The van der Waals surface area contributed by atoms with Crippen LogP contribution in [0.3, 0.4) is 0 Å². The molecule has 0 radical (unpaired) electrons. The molecular weight excluding hydrogens is 200 g/mol. The second kappa shape index (κ2) is 4.53. The number of carbonyl (C=O) groups excluding carboxylic acids is 2. The minimum Gasteiger partial charge on any atom is -0.298 e. The minimum absolute atomic E-state index is 0.0296. The van der Waals surface area contributed by atoms with Crippen LogP contribution in [-0.4, -0.2) is 12.1 Å². The lowest BCUT2D eigenvalue weighted by Crippen LogP contribution is -2.00. The van der Waals surface area contributed by atoms with Gasteiger partial charge in [-0.25, -0.2) is 0 Å².